The van der Waals surface area contributed by atoms with Crippen LogP contribution in [0.15, 0.2) is 54.6 Å². The number of fused-ring (bicyclic) bond motifs is 4. The predicted octanol–water partition coefficient (Wildman–Crippen LogP) is 3.59. The molecule has 16 nitrogen and oxygen atoms in total. The van der Waals surface area contributed by atoms with Gasteiger partial charge in [0.25, 0.3) is 5.91 Å². The van der Waals surface area contributed by atoms with Crippen LogP contribution in [0.3, 0.4) is 0 Å². The van der Waals surface area contributed by atoms with Crippen molar-refractivity contribution < 1.29 is 52.5 Å². The first-order valence-corrected chi connectivity index (χ1v) is 21.8. The Morgan fingerprint density at radius 1 is 0.935 bits per heavy atom. The molecule has 2 aromatic carbocycles. The summed E-state index contributed by atoms with van der Waals surface area (Å²) in [7, 11) is 1.52. The number of benzene rings is 2. The quantitative estimate of drug-likeness (QED) is 0.169. The Morgan fingerprint density at radius 3 is 2.37 bits per heavy atom. The Hall–Kier alpha value is -5.35. The molecule has 2 aromatic rings. The first kappa shape index (κ1) is 47.7. The molecular formula is C46H63N5O11. The van der Waals surface area contributed by atoms with Crippen molar-refractivity contribution in [1.82, 2.24) is 26.2 Å². The van der Waals surface area contributed by atoms with Crippen LogP contribution in [0.4, 0.5) is 0 Å². The molecule has 2 aliphatic heterocycles. The Labute approximate surface area is 363 Å². The van der Waals surface area contributed by atoms with Crippen LogP contribution in [0.1, 0.15) is 109 Å². The van der Waals surface area contributed by atoms with Gasteiger partial charge in [0.05, 0.1) is 31.7 Å². The maximum absolute atomic E-state index is 14.7. The highest BCUT2D eigenvalue weighted by molar-refractivity contribution is 6.38. The zero-order valence-corrected chi connectivity index (χ0v) is 36.6. The van der Waals surface area contributed by atoms with Crippen LogP contribution in [0.2, 0.25) is 0 Å². The molecule has 2 unspecified atom stereocenters. The number of amides is 5. The van der Waals surface area contributed by atoms with Gasteiger partial charge in [0.15, 0.2) is 12.3 Å². The number of carbonyl (C=O) groups is 7. The average molecular weight is 862 g/mol. The minimum Gasteiger partial charge on any atom is -0.494 e. The summed E-state index contributed by atoms with van der Waals surface area (Å²) in [5.41, 5.74) is 0.355. The molecule has 0 spiro atoms. The molecule has 2 heterocycles. The fourth-order valence-electron chi connectivity index (χ4n) is 8.19. The van der Waals surface area contributed by atoms with Crippen LogP contribution < -0.4 is 26.0 Å². The van der Waals surface area contributed by atoms with Gasteiger partial charge in [0.2, 0.25) is 29.4 Å². The lowest BCUT2D eigenvalue weighted by molar-refractivity contribution is -0.159. The smallest absolute Gasteiger partial charge is 0.333 e. The predicted molar refractivity (Wildman–Crippen MR) is 227 cm³/mol. The molecular weight excluding hydrogens is 799 g/mol. The van der Waals surface area contributed by atoms with Crippen LogP contribution in [-0.2, 0) is 54.2 Å². The van der Waals surface area contributed by atoms with E-state index in [0.29, 0.717) is 37.2 Å². The normalized spacial score (nSPS) is 22.5. The number of Topliss-reactive ketones (excluding diaryl/α,β-unsaturated/α-hetero) is 1. The van der Waals surface area contributed by atoms with Crippen molar-refractivity contribution in [3.8, 4) is 5.75 Å². The second kappa shape index (κ2) is 22.7. The molecule has 0 radical (unpaired) electrons. The van der Waals surface area contributed by atoms with Crippen LogP contribution in [0.5, 0.6) is 5.75 Å². The maximum atomic E-state index is 14.7. The lowest BCUT2D eigenvalue weighted by Gasteiger charge is -2.35. The minimum absolute atomic E-state index is 0.0248. The number of rotatable bonds is 13. The summed E-state index contributed by atoms with van der Waals surface area (Å²) in [5.74, 6) is -4.49. The standard InChI is InChI=1S/C46H63N5O11/c1-6-15-34(41(54)43(56)47-27-37(53)50-40(31-19-11-8-12-20-31)45(58)62-46(2,3)4)48-42(55)35-26-33-28-51(35)44(57)39(30-17-9-7-10-18-30)49-36(52)25-29-16-13-21-32(24-29)60-23-14-22-38(59-5)61-33/h8,11-13,16,19-21,24,30,33-35,38-40H,6-7,9-10,14-15,17-18,22-23,25-28H2,1-5H3,(H,47,56)(H,48,55)(H,49,52)(H,50,53)/t33-,34+,35?,38?,39+,40+/m1/s1. The first-order valence-electron chi connectivity index (χ1n) is 21.8. The topological polar surface area (TPSA) is 208 Å². The van der Waals surface area contributed by atoms with Crippen molar-refractivity contribution in [2.24, 2.45) is 5.92 Å². The van der Waals surface area contributed by atoms with Gasteiger partial charge in [-0.15, -0.1) is 0 Å². The third-order valence-corrected chi connectivity index (χ3v) is 11.2. The van der Waals surface area contributed by atoms with Gasteiger partial charge < -0.3 is 45.1 Å². The van der Waals surface area contributed by atoms with Gasteiger partial charge in [-0.25, -0.2) is 4.79 Å². The van der Waals surface area contributed by atoms with E-state index < -0.39 is 84.1 Å². The molecule has 2 fully saturated rings. The molecule has 338 valence electrons. The summed E-state index contributed by atoms with van der Waals surface area (Å²) in [6.45, 7) is 6.65. The van der Waals surface area contributed by atoms with E-state index in [4.69, 9.17) is 18.9 Å². The summed E-state index contributed by atoms with van der Waals surface area (Å²) in [5, 5.41) is 10.7. The van der Waals surface area contributed by atoms with Gasteiger partial charge in [-0.05, 0) is 75.6 Å². The first-order chi connectivity index (χ1) is 29.6. The summed E-state index contributed by atoms with van der Waals surface area (Å²) < 4.78 is 23.5. The summed E-state index contributed by atoms with van der Waals surface area (Å²) in [4.78, 5) is 97.2. The van der Waals surface area contributed by atoms with E-state index in [1.807, 2.05) is 24.3 Å². The SMILES string of the molecule is CCC[C@H](NC(=O)C1C[C@@H]2CN1C(=O)[C@H](C1CCCCC1)NC(=O)Cc1cccc(c1)OCCCC(OC)O2)C(=O)C(=O)NCC(=O)N[C@H](C(=O)OC(C)(C)C)c1ccccc1. The van der Waals surface area contributed by atoms with Gasteiger partial charge in [-0.1, -0.05) is 75.1 Å². The van der Waals surface area contributed by atoms with Crippen LogP contribution in [-0.4, -0.2) is 109 Å². The number of nitrogens with one attached hydrogen (secondary N) is 4. The fraction of sp³-hybridized carbons (Fsp3) is 0.587. The molecule has 62 heavy (non-hydrogen) atoms. The zero-order chi connectivity index (χ0) is 44.8. The summed E-state index contributed by atoms with van der Waals surface area (Å²) in [6.07, 6.45) is 4.63. The molecule has 5 rings (SSSR count). The van der Waals surface area contributed by atoms with Crippen molar-refractivity contribution in [2.75, 3.05) is 26.8 Å². The highest BCUT2D eigenvalue weighted by Crippen LogP contribution is 2.31. The van der Waals surface area contributed by atoms with E-state index in [9.17, 15) is 33.6 Å². The Balaban J connectivity index is 1.31. The lowest BCUT2D eigenvalue weighted by Crippen LogP contribution is -2.58. The molecule has 1 saturated heterocycles. The number of ether oxygens (including phenoxy) is 4. The molecule has 1 saturated carbocycles. The van der Waals surface area contributed by atoms with E-state index in [2.05, 4.69) is 21.3 Å². The minimum atomic E-state index is -1.28. The molecule has 1 aliphatic carbocycles. The van der Waals surface area contributed by atoms with Crippen molar-refractivity contribution in [3.63, 3.8) is 0 Å². The molecule has 4 N–H and O–H groups in total. The van der Waals surface area contributed by atoms with E-state index in [1.54, 1.807) is 58.0 Å². The summed E-state index contributed by atoms with van der Waals surface area (Å²) >= 11 is 0. The third-order valence-electron chi connectivity index (χ3n) is 11.2. The van der Waals surface area contributed by atoms with Crippen molar-refractivity contribution in [3.05, 3.63) is 65.7 Å². The van der Waals surface area contributed by atoms with Gasteiger partial charge in [-0.2, -0.15) is 0 Å². The highest BCUT2D eigenvalue weighted by Gasteiger charge is 2.46. The number of esters is 1. The Bertz CT molecular complexity index is 1880. The van der Waals surface area contributed by atoms with E-state index in [-0.39, 0.29) is 37.6 Å². The molecule has 0 aromatic heterocycles. The van der Waals surface area contributed by atoms with E-state index >= 15 is 0 Å². The second-order valence-electron chi connectivity index (χ2n) is 17.3. The average Bonchev–Trinajstić information content (AvgIpc) is 3.68. The van der Waals surface area contributed by atoms with Crippen LogP contribution in [0.25, 0.3) is 0 Å². The summed E-state index contributed by atoms with van der Waals surface area (Å²) in [6, 6.07) is 11.3. The molecule has 16 heteroatoms. The lowest BCUT2D eigenvalue weighted by atomic mass is 9.83. The number of methoxy groups -OCH3 is 1. The Morgan fingerprint density at radius 2 is 1.68 bits per heavy atom. The molecule has 5 amide bonds. The maximum Gasteiger partial charge on any atom is 0.333 e. The van der Waals surface area contributed by atoms with Gasteiger partial charge >= 0.3 is 5.97 Å². The highest BCUT2D eigenvalue weighted by atomic mass is 16.7. The number of nitrogens with zero attached hydrogens (tertiary/aromatic N) is 1. The third kappa shape index (κ3) is 13.8. The van der Waals surface area contributed by atoms with E-state index in [1.165, 1.54) is 12.0 Å². The number of carbonyl (C=O) groups excluding carboxylic acids is 7. The molecule has 6 atom stereocenters. The van der Waals surface area contributed by atoms with Gasteiger partial charge in [0, 0.05) is 26.5 Å². The van der Waals surface area contributed by atoms with Crippen molar-refractivity contribution >= 4 is 41.3 Å². The van der Waals surface area contributed by atoms with Crippen molar-refractivity contribution in [2.45, 2.75) is 140 Å². The monoisotopic (exact) mass is 861 g/mol. The molecule has 4 bridgehead atoms. The number of hydrogen-bond donors (Lipinski definition) is 4. The van der Waals surface area contributed by atoms with E-state index in [0.717, 1.165) is 37.7 Å². The van der Waals surface area contributed by atoms with Gasteiger partial charge in [-0.3, -0.25) is 28.8 Å². The van der Waals surface area contributed by atoms with Gasteiger partial charge in [0.1, 0.15) is 23.4 Å². The van der Waals surface area contributed by atoms with Crippen molar-refractivity contribution in [1.29, 1.82) is 0 Å². The second-order valence-corrected chi connectivity index (χ2v) is 17.3. The van der Waals surface area contributed by atoms with Crippen LogP contribution >= 0.6 is 0 Å². The fourth-order valence-corrected chi connectivity index (χ4v) is 8.19. The number of ketones is 1. The number of hydrogen-bond acceptors (Lipinski definition) is 11. The zero-order valence-electron chi connectivity index (χ0n) is 36.6. The Kier molecular flexibility index (Phi) is 17.4. The molecule has 3 aliphatic rings. The largest absolute Gasteiger partial charge is 0.494 e. The van der Waals surface area contributed by atoms with Crippen LogP contribution in [0, 0.1) is 5.92 Å².